The Balaban J connectivity index is 1.86. The number of carbonyl (C=O) groups excluding carboxylic acids is 1. The van der Waals surface area contributed by atoms with E-state index in [9.17, 15) is 9.18 Å². The van der Waals surface area contributed by atoms with Gasteiger partial charge in [0.05, 0.1) is 0 Å². The normalized spacial score (nSPS) is 15.9. The number of ketones is 1. The molecule has 3 heteroatoms. The number of benzene rings is 1. The Labute approximate surface area is 130 Å². The second kappa shape index (κ2) is 6.47. The van der Waals surface area contributed by atoms with Crippen LogP contribution >= 0.6 is 0 Å². The van der Waals surface area contributed by atoms with E-state index in [4.69, 9.17) is 4.42 Å². The molecule has 1 aromatic heterocycles. The number of furan rings is 1. The van der Waals surface area contributed by atoms with Crippen molar-refractivity contribution in [2.75, 3.05) is 0 Å². The lowest BCUT2D eigenvalue weighted by Crippen LogP contribution is -2.03. The van der Waals surface area contributed by atoms with E-state index in [2.05, 4.69) is 0 Å². The van der Waals surface area contributed by atoms with Gasteiger partial charge in [-0.05, 0) is 36.6 Å². The Hall–Kier alpha value is -1.90. The van der Waals surface area contributed by atoms with Gasteiger partial charge < -0.3 is 4.42 Å². The molecule has 2 aromatic rings. The van der Waals surface area contributed by atoms with E-state index in [-0.39, 0.29) is 11.6 Å². The van der Waals surface area contributed by atoms with Gasteiger partial charge in [0.1, 0.15) is 11.6 Å². The molecule has 0 atom stereocenters. The molecule has 0 saturated heterocycles. The Bertz CT molecular complexity index is 649. The number of carbonyl (C=O) groups is 1. The summed E-state index contributed by atoms with van der Waals surface area (Å²) in [6.45, 7) is 1.54. The lowest BCUT2D eigenvalue weighted by atomic mass is 9.87. The zero-order valence-corrected chi connectivity index (χ0v) is 12.9. The summed E-state index contributed by atoms with van der Waals surface area (Å²) in [6, 6.07) is 8.45. The molecule has 1 heterocycles. The second-order valence-corrected chi connectivity index (χ2v) is 6.20. The third-order valence-electron chi connectivity index (χ3n) is 4.46. The maximum Gasteiger partial charge on any atom is 0.195 e. The first kappa shape index (κ1) is 15.0. The number of Topliss-reactive ketones (excluding diaryl/α,β-unsaturated/α-hetero) is 1. The molecule has 0 spiro atoms. The fourth-order valence-electron chi connectivity index (χ4n) is 3.29. The van der Waals surface area contributed by atoms with Crippen molar-refractivity contribution >= 4 is 5.78 Å². The maximum absolute atomic E-state index is 13.0. The van der Waals surface area contributed by atoms with Gasteiger partial charge in [-0.1, -0.05) is 31.4 Å². The molecule has 1 aliphatic rings. The molecule has 22 heavy (non-hydrogen) atoms. The smallest absolute Gasteiger partial charge is 0.195 e. The second-order valence-electron chi connectivity index (χ2n) is 6.20. The molecule has 116 valence electrons. The van der Waals surface area contributed by atoms with Crippen molar-refractivity contribution in [1.29, 1.82) is 0 Å². The molecule has 0 amide bonds. The number of halogens is 1. The lowest BCUT2D eigenvalue weighted by Gasteiger charge is -2.19. The summed E-state index contributed by atoms with van der Waals surface area (Å²) in [4.78, 5) is 11.9. The molecule has 3 rings (SSSR count). The fraction of sp³-hybridized carbons (Fsp3) is 0.421. The Kier molecular flexibility index (Phi) is 4.41. The first-order chi connectivity index (χ1) is 10.6. The van der Waals surface area contributed by atoms with Gasteiger partial charge in [-0.3, -0.25) is 4.79 Å². The van der Waals surface area contributed by atoms with Crippen molar-refractivity contribution in [3.63, 3.8) is 0 Å². The van der Waals surface area contributed by atoms with Crippen LogP contribution in [-0.4, -0.2) is 5.78 Å². The zero-order valence-electron chi connectivity index (χ0n) is 12.9. The van der Waals surface area contributed by atoms with Crippen LogP contribution in [-0.2, 0) is 6.42 Å². The summed E-state index contributed by atoms with van der Waals surface area (Å²) in [6.07, 6.45) is 6.63. The molecule has 0 bridgehead atoms. The lowest BCUT2D eigenvalue weighted by molar-refractivity contribution is 0.0983. The standard InChI is InChI=1S/C19H21FO2/c1-13(21)19-16(11-14-7-9-17(20)10-8-14)12-18(22-19)15-5-3-2-4-6-15/h7-10,12,15H,2-6,11H2,1H3. The van der Waals surface area contributed by atoms with Crippen molar-refractivity contribution in [2.45, 2.75) is 51.4 Å². The van der Waals surface area contributed by atoms with Gasteiger partial charge in [0, 0.05) is 24.8 Å². The molecule has 2 nitrogen and oxygen atoms in total. The minimum atomic E-state index is -0.245. The van der Waals surface area contributed by atoms with E-state index >= 15 is 0 Å². The molecule has 1 aliphatic carbocycles. The highest BCUT2D eigenvalue weighted by molar-refractivity contribution is 5.93. The largest absolute Gasteiger partial charge is 0.457 e. The third-order valence-corrected chi connectivity index (χ3v) is 4.46. The summed E-state index contributed by atoms with van der Waals surface area (Å²) < 4.78 is 18.9. The first-order valence-electron chi connectivity index (χ1n) is 8.01. The molecule has 1 fully saturated rings. The van der Waals surface area contributed by atoms with Crippen LogP contribution < -0.4 is 0 Å². The van der Waals surface area contributed by atoms with Gasteiger partial charge in [-0.15, -0.1) is 0 Å². The Morgan fingerprint density at radius 1 is 1.18 bits per heavy atom. The van der Waals surface area contributed by atoms with Gasteiger partial charge in [0.2, 0.25) is 0 Å². The van der Waals surface area contributed by atoms with Crippen LogP contribution in [0.3, 0.4) is 0 Å². The predicted molar refractivity (Wildman–Crippen MR) is 83.7 cm³/mol. The Morgan fingerprint density at radius 3 is 2.50 bits per heavy atom. The minimum absolute atomic E-state index is 0.0424. The van der Waals surface area contributed by atoms with Gasteiger partial charge in [-0.25, -0.2) is 4.39 Å². The highest BCUT2D eigenvalue weighted by Gasteiger charge is 2.23. The summed E-state index contributed by atoms with van der Waals surface area (Å²) in [7, 11) is 0. The van der Waals surface area contributed by atoms with Crippen molar-refractivity contribution in [3.8, 4) is 0 Å². The molecule has 1 aromatic carbocycles. The predicted octanol–water partition coefficient (Wildman–Crippen LogP) is 5.26. The van der Waals surface area contributed by atoms with E-state index in [0.29, 0.717) is 18.1 Å². The highest BCUT2D eigenvalue weighted by Crippen LogP contribution is 2.35. The third kappa shape index (κ3) is 3.29. The van der Waals surface area contributed by atoms with Crippen LogP contribution in [0, 0.1) is 5.82 Å². The van der Waals surface area contributed by atoms with Crippen molar-refractivity contribution in [3.05, 3.63) is 58.8 Å². The minimum Gasteiger partial charge on any atom is -0.457 e. The molecule has 0 unspecified atom stereocenters. The van der Waals surface area contributed by atoms with Gasteiger partial charge in [0.25, 0.3) is 0 Å². The molecular formula is C19H21FO2. The zero-order chi connectivity index (χ0) is 15.5. The number of rotatable bonds is 4. The van der Waals surface area contributed by atoms with Gasteiger partial charge in [0.15, 0.2) is 11.5 Å². The van der Waals surface area contributed by atoms with E-state index in [1.165, 1.54) is 38.3 Å². The molecule has 0 N–H and O–H groups in total. The fourth-order valence-corrected chi connectivity index (χ4v) is 3.29. The summed E-state index contributed by atoms with van der Waals surface area (Å²) >= 11 is 0. The van der Waals surface area contributed by atoms with Crippen LogP contribution in [0.2, 0.25) is 0 Å². The number of hydrogen-bond donors (Lipinski definition) is 0. The number of hydrogen-bond acceptors (Lipinski definition) is 2. The molecule has 0 aliphatic heterocycles. The molecule has 0 radical (unpaired) electrons. The van der Waals surface area contributed by atoms with E-state index < -0.39 is 0 Å². The quantitative estimate of drug-likeness (QED) is 0.721. The molecule has 1 saturated carbocycles. The van der Waals surface area contributed by atoms with Crippen LogP contribution in [0.1, 0.15) is 72.4 Å². The van der Waals surface area contributed by atoms with E-state index in [0.717, 1.165) is 29.7 Å². The van der Waals surface area contributed by atoms with Crippen molar-refractivity contribution in [2.24, 2.45) is 0 Å². The average Bonchev–Trinajstić information content (AvgIpc) is 2.95. The topological polar surface area (TPSA) is 30.2 Å². The summed E-state index contributed by atoms with van der Waals surface area (Å²) in [5.41, 5.74) is 1.90. The monoisotopic (exact) mass is 300 g/mol. The summed E-state index contributed by atoms with van der Waals surface area (Å²) in [5.74, 6) is 1.56. The molecular weight excluding hydrogens is 279 g/mol. The first-order valence-corrected chi connectivity index (χ1v) is 8.01. The van der Waals surface area contributed by atoms with Crippen molar-refractivity contribution < 1.29 is 13.6 Å². The van der Waals surface area contributed by atoms with E-state index in [1.807, 2.05) is 6.07 Å². The van der Waals surface area contributed by atoms with Crippen LogP contribution in [0.15, 0.2) is 34.7 Å². The summed E-state index contributed by atoms with van der Waals surface area (Å²) in [5, 5.41) is 0. The van der Waals surface area contributed by atoms with E-state index in [1.54, 1.807) is 12.1 Å². The Morgan fingerprint density at radius 2 is 1.86 bits per heavy atom. The van der Waals surface area contributed by atoms with Gasteiger partial charge >= 0.3 is 0 Å². The average molecular weight is 300 g/mol. The van der Waals surface area contributed by atoms with Crippen LogP contribution in [0.5, 0.6) is 0 Å². The SMILES string of the molecule is CC(=O)c1oc(C2CCCCC2)cc1Cc1ccc(F)cc1. The van der Waals surface area contributed by atoms with Gasteiger partial charge in [-0.2, -0.15) is 0 Å². The van der Waals surface area contributed by atoms with Crippen LogP contribution in [0.4, 0.5) is 4.39 Å². The van der Waals surface area contributed by atoms with Crippen LogP contribution in [0.25, 0.3) is 0 Å². The highest BCUT2D eigenvalue weighted by atomic mass is 19.1. The van der Waals surface area contributed by atoms with Crippen molar-refractivity contribution in [1.82, 2.24) is 0 Å². The maximum atomic E-state index is 13.0.